The molecule has 1 aliphatic rings. The summed E-state index contributed by atoms with van der Waals surface area (Å²) < 4.78 is 53.7. The van der Waals surface area contributed by atoms with Crippen LogP contribution in [-0.4, -0.2) is 63.0 Å². The molecule has 1 saturated heterocycles. The Bertz CT molecular complexity index is 1110. The van der Waals surface area contributed by atoms with Gasteiger partial charge in [0.2, 0.25) is 17.8 Å². The first-order chi connectivity index (χ1) is 15.7. The maximum atomic E-state index is 13.5. The molecular weight excluding hydrogens is 440 g/mol. The van der Waals surface area contributed by atoms with Gasteiger partial charge in [-0.15, -0.1) is 0 Å². The number of nitrogens with zero attached hydrogens (tertiary/aromatic N) is 7. The maximum Gasteiger partial charge on any atom is 0.433 e. The van der Waals surface area contributed by atoms with Gasteiger partial charge in [-0.25, -0.2) is 14.4 Å². The lowest BCUT2D eigenvalue weighted by molar-refractivity contribution is -0.141. The van der Waals surface area contributed by atoms with E-state index in [2.05, 4.69) is 35.1 Å². The maximum absolute atomic E-state index is 13.5. The molecular formula is C21H22F4N8. The average Bonchev–Trinajstić information content (AvgIpc) is 2.79. The molecule has 33 heavy (non-hydrogen) atoms. The fourth-order valence-corrected chi connectivity index (χ4v) is 3.29. The number of likely N-dealkylation sites (N-methyl/N-ethyl adjacent to an activating group) is 1. The van der Waals surface area contributed by atoms with Crippen molar-refractivity contribution in [3.63, 3.8) is 0 Å². The van der Waals surface area contributed by atoms with Crippen LogP contribution in [0.4, 0.5) is 35.4 Å². The molecule has 1 aromatic carbocycles. The first-order valence-electron chi connectivity index (χ1n) is 10.4. The van der Waals surface area contributed by atoms with Crippen molar-refractivity contribution in [2.24, 2.45) is 0 Å². The standard InChI is InChI=1S/C21H22F4N8/c1-3-17-28-19(31-20(29-17)33-10-8-32(2)9-11-33)30-18-26-15(12-16(27-18)21(23,24)25)13-4-6-14(22)7-5-13/h4-7,12H,3,8-11H2,1-2H3,(H,26,27,28,29,30,31). The van der Waals surface area contributed by atoms with Gasteiger partial charge in [-0.2, -0.15) is 28.1 Å². The van der Waals surface area contributed by atoms with Crippen molar-refractivity contribution >= 4 is 17.8 Å². The number of alkyl halides is 3. The summed E-state index contributed by atoms with van der Waals surface area (Å²) in [5, 5.41) is 2.71. The minimum atomic E-state index is -4.70. The third-order valence-electron chi connectivity index (χ3n) is 5.15. The number of rotatable bonds is 5. The number of halogens is 4. The second-order valence-corrected chi connectivity index (χ2v) is 7.61. The quantitative estimate of drug-likeness (QED) is 0.577. The van der Waals surface area contributed by atoms with Gasteiger partial charge in [-0.3, -0.25) is 5.32 Å². The Balaban J connectivity index is 1.69. The van der Waals surface area contributed by atoms with Gasteiger partial charge in [0.1, 0.15) is 11.6 Å². The fraction of sp³-hybridized carbons (Fsp3) is 0.381. The second kappa shape index (κ2) is 9.22. The van der Waals surface area contributed by atoms with E-state index in [0.29, 0.717) is 23.8 Å². The Hall–Kier alpha value is -3.41. The molecule has 0 bridgehead atoms. The predicted molar refractivity (Wildman–Crippen MR) is 115 cm³/mol. The molecule has 1 fully saturated rings. The molecule has 1 aliphatic heterocycles. The van der Waals surface area contributed by atoms with Crippen LogP contribution in [0, 0.1) is 5.82 Å². The number of hydrogen-bond donors (Lipinski definition) is 1. The Morgan fingerprint density at radius 2 is 1.58 bits per heavy atom. The number of anilines is 3. The molecule has 1 N–H and O–H groups in total. The molecule has 174 valence electrons. The lowest BCUT2D eigenvalue weighted by Gasteiger charge is -2.32. The molecule has 0 aliphatic carbocycles. The number of aromatic nitrogens is 5. The van der Waals surface area contributed by atoms with Crippen LogP contribution in [0.25, 0.3) is 11.3 Å². The smallest absolute Gasteiger partial charge is 0.338 e. The minimum Gasteiger partial charge on any atom is -0.338 e. The highest BCUT2D eigenvalue weighted by molar-refractivity contribution is 5.62. The summed E-state index contributed by atoms with van der Waals surface area (Å²) in [6.07, 6.45) is -4.19. The Morgan fingerprint density at radius 1 is 0.909 bits per heavy atom. The van der Waals surface area contributed by atoms with Crippen LogP contribution in [0.3, 0.4) is 0 Å². The Morgan fingerprint density at radius 3 is 2.21 bits per heavy atom. The normalized spacial score (nSPS) is 15.0. The van der Waals surface area contributed by atoms with Gasteiger partial charge in [0.15, 0.2) is 5.69 Å². The SMILES string of the molecule is CCc1nc(Nc2nc(-c3ccc(F)cc3)cc(C(F)(F)F)n2)nc(N2CCN(C)CC2)n1. The van der Waals surface area contributed by atoms with Gasteiger partial charge < -0.3 is 9.80 Å². The molecule has 3 aromatic rings. The monoisotopic (exact) mass is 462 g/mol. The lowest BCUT2D eigenvalue weighted by Crippen LogP contribution is -2.45. The molecule has 8 nitrogen and oxygen atoms in total. The molecule has 0 spiro atoms. The second-order valence-electron chi connectivity index (χ2n) is 7.61. The third-order valence-corrected chi connectivity index (χ3v) is 5.15. The molecule has 12 heteroatoms. The average molecular weight is 462 g/mol. The Labute approximate surface area is 187 Å². The minimum absolute atomic E-state index is 0.0103. The predicted octanol–water partition coefficient (Wildman–Crippen LogP) is 3.54. The third kappa shape index (κ3) is 5.51. The molecule has 2 aromatic heterocycles. The zero-order valence-corrected chi connectivity index (χ0v) is 18.1. The van der Waals surface area contributed by atoms with Gasteiger partial charge in [-0.05, 0) is 37.4 Å². The van der Waals surface area contributed by atoms with E-state index < -0.39 is 17.7 Å². The van der Waals surface area contributed by atoms with Crippen LogP contribution in [0.1, 0.15) is 18.4 Å². The van der Waals surface area contributed by atoms with E-state index in [1.807, 2.05) is 18.9 Å². The summed E-state index contributed by atoms with van der Waals surface area (Å²) in [5.41, 5.74) is -0.831. The van der Waals surface area contributed by atoms with Gasteiger partial charge >= 0.3 is 6.18 Å². The van der Waals surface area contributed by atoms with Crippen LogP contribution < -0.4 is 10.2 Å². The highest BCUT2D eigenvalue weighted by Gasteiger charge is 2.34. The van der Waals surface area contributed by atoms with Crippen LogP contribution >= 0.6 is 0 Å². The summed E-state index contributed by atoms with van der Waals surface area (Å²) in [6, 6.07) is 5.83. The van der Waals surface area contributed by atoms with Gasteiger partial charge in [0.05, 0.1) is 5.69 Å². The first-order valence-corrected chi connectivity index (χ1v) is 10.4. The van der Waals surface area contributed by atoms with Crippen molar-refractivity contribution < 1.29 is 17.6 Å². The van der Waals surface area contributed by atoms with E-state index in [1.54, 1.807) is 0 Å². The summed E-state index contributed by atoms with van der Waals surface area (Å²) in [6.45, 7) is 5.00. The highest BCUT2D eigenvalue weighted by atomic mass is 19.4. The van der Waals surface area contributed by atoms with E-state index in [0.717, 1.165) is 44.4 Å². The number of benzene rings is 1. The van der Waals surface area contributed by atoms with E-state index in [1.165, 1.54) is 12.1 Å². The largest absolute Gasteiger partial charge is 0.433 e. The summed E-state index contributed by atoms with van der Waals surface area (Å²) in [7, 11) is 2.03. The number of aryl methyl sites for hydroxylation is 1. The van der Waals surface area contributed by atoms with Crippen LogP contribution in [0.2, 0.25) is 0 Å². The van der Waals surface area contributed by atoms with E-state index in [9.17, 15) is 17.6 Å². The van der Waals surface area contributed by atoms with Crippen molar-refractivity contribution in [2.45, 2.75) is 19.5 Å². The summed E-state index contributed by atoms with van der Waals surface area (Å²) >= 11 is 0. The topological polar surface area (TPSA) is 83.0 Å². The fourth-order valence-electron chi connectivity index (χ4n) is 3.29. The molecule has 0 unspecified atom stereocenters. The van der Waals surface area contributed by atoms with E-state index >= 15 is 0 Å². The van der Waals surface area contributed by atoms with Crippen molar-refractivity contribution in [3.05, 3.63) is 47.7 Å². The van der Waals surface area contributed by atoms with Crippen molar-refractivity contribution in [3.8, 4) is 11.3 Å². The number of hydrogen-bond acceptors (Lipinski definition) is 8. The molecule has 0 radical (unpaired) electrons. The zero-order chi connectivity index (χ0) is 23.6. The lowest BCUT2D eigenvalue weighted by atomic mass is 10.1. The molecule has 3 heterocycles. The van der Waals surface area contributed by atoms with Crippen LogP contribution in [-0.2, 0) is 12.6 Å². The van der Waals surface area contributed by atoms with Gasteiger partial charge in [0, 0.05) is 38.2 Å². The Kier molecular flexibility index (Phi) is 6.36. The molecule has 4 rings (SSSR count). The van der Waals surface area contributed by atoms with Gasteiger partial charge in [-0.1, -0.05) is 6.92 Å². The number of nitrogens with one attached hydrogen (secondary N) is 1. The van der Waals surface area contributed by atoms with Crippen molar-refractivity contribution in [1.82, 2.24) is 29.8 Å². The number of piperazine rings is 1. The summed E-state index contributed by atoms with van der Waals surface area (Å²) in [5.74, 6) is 0.174. The zero-order valence-electron chi connectivity index (χ0n) is 18.1. The van der Waals surface area contributed by atoms with Gasteiger partial charge in [0.25, 0.3) is 0 Å². The highest BCUT2D eigenvalue weighted by Crippen LogP contribution is 2.31. The first kappa shape index (κ1) is 22.8. The van der Waals surface area contributed by atoms with Crippen LogP contribution in [0.15, 0.2) is 30.3 Å². The van der Waals surface area contributed by atoms with Crippen LogP contribution in [0.5, 0.6) is 0 Å². The molecule has 0 atom stereocenters. The summed E-state index contributed by atoms with van der Waals surface area (Å²) in [4.78, 5) is 25.1. The van der Waals surface area contributed by atoms with Crippen molar-refractivity contribution in [2.75, 3.05) is 43.4 Å². The van der Waals surface area contributed by atoms with E-state index in [4.69, 9.17) is 0 Å². The molecule has 0 saturated carbocycles. The van der Waals surface area contributed by atoms with Crippen molar-refractivity contribution in [1.29, 1.82) is 0 Å². The van der Waals surface area contributed by atoms with E-state index in [-0.39, 0.29) is 17.6 Å². The molecule has 0 amide bonds.